The highest BCUT2D eigenvalue weighted by atomic mass is 32.2. The number of hydrogen-bond donors (Lipinski definition) is 1. The third kappa shape index (κ3) is 5.16. The van der Waals surface area contributed by atoms with E-state index in [1.165, 1.54) is 19.3 Å². The zero-order valence-corrected chi connectivity index (χ0v) is 26.6. The van der Waals surface area contributed by atoms with Gasteiger partial charge in [-0.15, -0.1) is 0 Å². The van der Waals surface area contributed by atoms with Gasteiger partial charge in [-0.2, -0.15) is 17.2 Å². The lowest BCUT2D eigenvalue weighted by molar-refractivity contribution is -0.218. The van der Waals surface area contributed by atoms with Crippen LogP contribution in [0.15, 0.2) is 0 Å². The van der Waals surface area contributed by atoms with Gasteiger partial charge < -0.3 is 18.9 Å². The Morgan fingerprint density at radius 1 is 0.978 bits per heavy atom. The Kier molecular flexibility index (Phi) is 8.06. The van der Waals surface area contributed by atoms with Crippen LogP contribution < -0.4 is 0 Å². The van der Waals surface area contributed by atoms with E-state index < -0.39 is 93.8 Å². The predicted octanol–water partition coefficient (Wildman–Crippen LogP) is 4.22. The summed E-state index contributed by atoms with van der Waals surface area (Å²) in [7, 11) is -5.83. The van der Waals surface area contributed by atoms with E-state index in [4.69, 9.17) is 18.8 Å². The molecule has 0 amide bonds. The Morgan fingerprint density at radius 2 is 1.53 bits per heavy atom. The molecule has 6 saturated carbocycles. The second-order valence-corrected chi connectivity index (χ2v) is 16.0. The van der Waals surface area contributed by atoms with Crippen LogP contribution in [0.2, 0.25) is 0 Å². The predicted molar refractivity (Wildman–Crippen MR) is 150 cm³/mol. The summed E-state index contributed by atoms with van der Waals surface area (Å²) in [5.41, 5.74) is -0.736. The van der Waals surface area contributed by atoms with Gasteiger partial charge in [0.2, 0.25) is 0 Å². The van der Waals surface area contributed by atoms with Crippen molar-refractivity contribution in [1.29, 1.82) is 0 Å². The number of alkyl halides is 2. The number of carbonyl (C=O) groups excluding carboxylic acids is 4. The molecule has 45 heavy (non-hydrogen) atoms. The molecule has 6 aliphatic carbocycles. The normalized spacial score (nSPS) is 38.6. The minimum Gasteiger partial charge on any atom is -0.458 e. The smallest absolute Gasteiger partial charge is 0.405 e. The van der Waals surface area contributed by atoms with Gasteiger partial charge in [0.25, 0.3) is 0 Å². The summed E-state index contributed by atoms with van der Waals surface area (Å²) < 4.78 is 80.1. The average Bonchev–Trinajstić information content (AvgIpc) is 3.57. The molecule has 7 aliphatic rings. The quantitative estimate of drug-likeness (QED) is 0.181. The zero-order chi connectivity index (χ0) is 32.7. The maximum absolute atomic E-state index is 14.1. The van der Waals surface area contributed by atoms with Gasteiger partial charge >= 0.3 is 39.2 Å². The zero-order valence-electron chi connectivity index (χ0n) is 25.7. The number of hydrogen-bond acceptors (Lipinski definition) is 10. The molecular weight excluding hydrogens is 618 g/mol. The Labute approximate surface area is 261 Å². The molecule has 7 rings (SSSR count). The average molecular weight is 661 g/mol. The van der Waals surface area contributed by atoms with Crippen molar-refractivity contribution in [1.82, 2.24) is 0 Å². The molecule has 1 saturated heterocycles. The lowest BCUT2D eigenvalue weighted by atomic mass is 9.44. The molecule has 7 unspecified atom stereocenters. The molecule has 0 aromatic carbocycles. The van der Waals surface area contributed by atoms with E-state index in [1.807, 2.05) is 0 Å². The van der Waals surface area contributed by atoms with Gasteiger partial charge in [0.15, 0.2) is 6.10 Å². The molecule has 0 radical (unpaired) electrons. The summed E-state index contributed by atoms with van der Waals surface area (Å²) >= 11 is 0. The standard InChI is InChI=1S/C31H42F2O11S/c1-4-30(5-2,29-12-16-8-17(13-29)10-18(9-16)14-29)44-28(37)24-20-11-19-23(24)27(36)43-26(19)25(20)42-22(35)7-6-21(34)41-15(3)31(32,33)45(38,39)40/h15-20,23-26H,4-14H2,1-3H3,(H,38,39,40). The van der Waals surface area contributed by atoms with E-state index in [0.717, 1.165) is 19.3 Å². The van der Waals surface area contributed by atoms with Gasteiger partial charge in [-0.25, -0.2) is 0 Å². The molecule has 7 fully saturated rings. The first-order chi connectivity index (χ1) is 21.0. The summed E-state index contributed by atoms with van der Waals surface area (Å²) in [6.45, 7) is 4.73. The number of fused-ring (bicyclic) bond motifs is 1. The maximum Gasteiger partial charge on any atom is 0.405 e. The third-order valence-corrected chi connectivity index (χ3v) is 13.2. The Bertz CT molecular complexity index is 1320. The number of esters is 4. The molecule has 6 bridgehead atoms. The van der Waals surface area contributed by atoms with Gasteiger partial charge in [0.1, 0.15) is 17.8 Å². The van der Waals surface area contributed by atoms with Crippen LogP contribution >= 0.6 is 0 Å². The van der Waals surface area contributed by atoms with E-state index in [2.05, 4.69) is 18.6 Å². The molecule has 7 atom stereocenters. The minimum absolute atomic E-state index is 0.0828. The molecule has 0 aromatic rings. The summed E-state index contributed by atoms with van der Waals surface area (Å²) in [6.07, 6.45) is 3.22. The molecule has 0 spiro atoms. The SMILES string of the molecule is CCC(CC)(OC(=O)C1C2CC3C(OC(=O)C31)C2OC(=O)CCC(=O)OC(C)C(F)(F)S(=O)(=O)O)C12CC3CC(CC(C3)C1)C2. The third-order valence-electron chi connectivity index (χ3n) is 12.2. The second kappa shape index (κ2) is 11.1. The van der Waals surface area contributed by atoms with Crippen molar-refractivity contribution in [2.24, 2.45) is 46.8 Å². The number of rotatable bonds is 12. The topological polar surface area (TPSA) is 160 Å². The summed E-state index contributed by atoms with van der Waals surface area (Å²) in [4.78, 5) is 51.9. The minimum atomic E-state index is -5.83. The molecule has 14 heteroatoms. The lowest BCUT2D eigenvalue weighted by Gasteiger charge is -2.63. The van der Waals surface area contributed by atoms with Crippen LogP contribution in [-0.4, -0.2) is 66.0 Å². The Balaban J connectivity index is 1.12. The van der Waals surface area contributed by atoms with Crippen LogP contribution in [0.25, 0.3) is 0 Å². The molecule has 1 aliphatic heterocycles. The second-order valence-electron chi connectivity index (χ2n) is 14.5. The van der Waals surface area contributed by atoms with Gasteiger partial charge in [-0.1, -0.05) is 13.8 Å². The lowest BCUT2D eigenvalue weighted by Crippen LogP contribution is -2.60. The largest absolute Gasteiger partial charge is 0.458 e. The number of ether oxygens (including phenoxy) is 4. The molecular formula is C31H42F2O11S. The summed E-state index contributed by atoms with van der Waals surface area (Å²) in [5, 5.41) is -4.73. The van der Waals surface area contributed by atoms with Gasteiger partial charge in [-0.3, -0.25) is 23.7 Å². The van der Waals surface area contributed by atoms with Crippen LogP contribution in [0.1, 0.15) is 91.4 Å². The molecule has 0 aromatic heterocycles. The monoisotopic (exact) mass is 660 g/mol. The fourth-order valence-electron chi connectivity index (χ4n) is 10.6. The van der Waals surface area contributed by atoms with Gasteiger partial charge in [0.05, 0.1) is 24.7 Å². The van der Waals surface area contributed by atoms with Crippen molar-refractivity contribution in [3.05, 3.63) is 0 Å². The Hall–Kier alpha value is -2.35. The van der Waals surface area contributed by atoms with E-state index in [-0.39, 0.29) is 11.3 Å². The maximum atomic E-state index is 14.1. The van der Waals surface area contributed by atoms with Crippen LogP contribution in [0, 0.1) is 46.8 Å². The summed E-state index contributed by atoms with van der Waals surface area (Å²) in [5.74, 6) is -3.54. The van der Waals surface area contributed by atoms with E-state index in [0.29, 0.717) is 43.9 Å². The van der Waals surface area contributed by atoms with Gasteiger partial charge in [0, 0.05) is 17.3 Å². The van der Waals surface area contributed by atoms with Crippen molar-refractivity contribution in [2.45, 2.75) is 121 Å². The molecule has 252 valence electrons. The Morgan fingerprint density at radius 3 is 2.07 bits per heavy atom. The highest BCUT2D eigenvalue weighted by Crippen LogP contribution is 2.66. The van der Waals surface area contributed by atoms with E-state index >= 15 is 0 Å². The van der Waals surface area contributed by atoms with Crippen molar-refractivity contribution in [2.75, 3.05) is 0 Å². The van der Waals surface area contributed by atoms with Crippen molar-refractivity contribution >= 4 is 34.0 Å². The van der Waals surface area contributed by atoms with Crippen molar-refractivity contribution < 1.29 is 59.9 Å². The van der Waals surface area contributed by atoms with E-state index in [1.54, 1.807) is 0 Å². The van der Waals surface area contributed by atoms with Crippen LogP contribution in [0.4, 0.5) is 8.78 Å². The fourth-order valence-corrected chi connectivity index (χ4v) is 11.1. The first-order valence-corrected chi connectivity index (χ1v) is 17.7. The van der Waals surface area contributed by atoms with E-state index in [9.17, 15) is 36.4 Å². The highest BCUT2D eigenvalue weighted by molar-refractivity contribution is 7.86. The van der Waals surface area contributed by atoms with Crippen LogP contribution in [0.5, 0.6) is 0 Å². The van der Waals surface area contributed by atoms with Crippen LogP contribution in [-0.2, 0) is 48.2 Å². The highest BCUT2D eigenvalue weighted by Gasteiger charge is 2.71. The molecule has 11 nitrogen and oxygen atoms in total. The number of carbonyl (C=O) groups is 4. The molecule has 1 heterocycles. The first-order valence-electron chi connectivity index (χ1n) is 16.2. The van der Waals surface area contributed by atoms with Crippen molar-refractivity contribution in [3.63, 3.8) is 0 Å². The van der Waals surface area contributed by atoms with Gasteiger partial charge in [-0.05, 0) is 82.5 Å². The molecule has 1 N–H and O–H groups in total. The number of halogens is 2. The summed E-state index contributed by atoms with van der Waals surface area (Å²) in [6, 6.07) is 0. The van der Waals surface area contributed by atoms with Crippen molar-refractivity contribution in [3.8, 4) is 0 Å². The first kappa shape index (κ1) is 32.6. The van der Waals surface area contributed by atoms with Crippen LogP contribution in [0.3, 0.4) is 0 Å². The fraction of sp³-hybridized carbons (Fsp3) is 0.871.